The van der Waals surface area contributed by atoms with Crippen LogP contribution in [0.25, 0.3) is 0 Å². The topological polar surface area (TPSA) is 93.1 Å². The normalized spacial score (nSPS) is 15.4. The summed E-state index contributed by atoms with van der Waals surface area (Å²) in [6.45, 7) is -0.770. The second-order valence-corrected chi connectivity index (χ2v) is 8.38. The molecule has 0 saturated carbocycles. The van der Waals surface area contributed by atoms with Crippen LogP contribution in [0.5, 0.6) is 11.5 Å². The van der Waals surface area contributed by atoms with Gasteiger partial charge >= 0.3 is 6.61 Å². The molecule has 0 fully saturated rings. The fraction of sp³-hybridized carbons (Fsp3) is 0.259. The van der Waals surface area contributed by atoms with E-state index >= 15 is 0 Å². The molecule has 1 aliphatic heterocycles. The predicted molar refractivity (Wildman–Crippen MR) is 134 cm³/mol. The highest BCUT2D eigenvalue weighted by molar-refractivity contribution is 6.06. The fourth-order valence-corrected chi connectivity index (χ4v) is 4.03. The number of benzene rings is 2. The van der Waals surface area contributed by atoms with Crippen LogP contribution in [0, 0.1) is 5.92 Å². The molecular formula is C27H26F2N4O4. The van der Waals surface area contributed by atoms with E-state index < -0.39 is 6.61 Å². The first-order valence-electron chi connectivity index (χ1n) is 11.7. The molecule has 1 aromatic heterocycles. The number of pyridine rings is 1. The van der Waals surface area contributed by atoms with E-state index in [0.717, 1.165) is 5.56 Å². The van der Waals surface area contributed by atoms with E-state index in [1.807, 2.05) is 19.1 Å². The summed E-state index contributed by atoms with van der Waals surface area (Å²) in [6, 6.07) is 15.0. The summed E-state index contributed by atoms with van der Waals surface area (Å²) in [5.74, 6) is -0.407. The van der Waals surface area contributed by atoms with Crippen molar-refractivity contribution in [3.8, 4) is 11.5 Å². The number of anilines is 1. The second kappa shape index (κ2) is 11.6. The Balaban J connectivity index is 1.52. The van der Waals surface area contributed by atoms with Crippen LogP contribution in [-0.2, 0) is 11.3 Å². The van der Waals surface area contributed by atoms with Crippen molar-refractivity contribution in [2.45, 2.75) is 32.9 Å². The number of halogens is 2. The lowest BCUT2D eigenvalue weighted by molar-refractivity contribution is -0.133. The number of methoxy groups -OCH3 is 1. The summed E-state index contributed by atoms with van der Waals surface area (Å²) in [6.07, 6.45) is 4.05. The molecule has 0 radical (unpaired) electrons. The molecule has 1 unspecified atom stereocenters. The standard InChI is InChI=1S/C27H26F2N4O4/c1-3-18-15-24(34)33(32-25(18)20-6-9-22(37-27(28)29)23(14-20)36-2)16-17-4-7-21(8-5-17)31-26(35)19-10-12-30-13-11-19/h4-14,18,27H,3,15-16H2,1-2H3,(H,31,35). The van der Waals surface area contributed by atoms with Crippen LogP contribution in [0.3, 0.4) is 0 Å². The summed E-state index contributed by atoms with van der Waals surface area (Å²) < 4.78 is 35.2. The van der Waals surface area contributed by atoms with E-state index in [1.54, 1.807) is 48.8 Å². The summed E-state index contributed by atoms with van der Waals surface area (Å²) in [5.41, 5.74) is 3.27. The molecule has 1 N–H and O–H groups in total. The molecule has 0 bridgehead atoms. The molecule has 4 rings (SSSR count). The zero-order valence-electron chi connectivity index (χ0n) is 20.4. The number of hydrazone groups is 1. The Morgan fingerprint density at radius 3 is 2.49 bits per heavy atom. The van der Waals surface area contributed by atoms with Crippen molar-refractivity contribution >= 4 is 23.2 Å². The molecule has 0 aliphatic carbocycles. The van der Waals surface area contributed by atoms with Crippen molar-refractivity contribution in [2.75, 3.05) is 12.4 Å². The first-order valence-corrected chi connectivity index (χ1v) is 11.7. The lowest BCUT2D eigenvalue weighted by Gasteiger charge is -2.29. The largest absolute Gasteiger partial charge is 0.493 e. The molecule has 1 atom stereocenters. The van der Waals surface area contributed by atoms with Gasteiger partial charge in [0.05, 0.1) is 19.4 Å². The zero-order valence-corrected chi connectivity index (χ0v) is 20.4. The SMILES string of the molecule is CCC1CC(=O)N(Cc2ccc(NC(=O)c3ccncc3)cc2)N=C1c1ccc(OC(F)F)c(OC)c1. The molecule has 1 aliphatic rings. The molecule has 0 saturated heterocycles. The van der Waals surface area contributed by atoms with E-state index in [0.29, 0.717) is 28.9 Å². The van der Waals surface area contributed by atoms with E-state index in [2.05, 4.69) is 20.1 Å². The Morgan fingerprint density at radius 1 is 1.11 bits per heavy atom. The van der Waals surface area contributed by atoms with Gasteiger partial charge in [0.25, 0.3) is 5.91 Å². The highest BCUT2D eigenvalue weighted by Gasteiger charge is 2.30. The van der Waals surface area contributed by atoms with Crippen LogP contribution in [-0.4, -0.2) is 41.2 Å². The number of ether oxygens (including phenoxy) is 2. The van der Waals surface area contributed by atoms with Gasteiger partial charge in [-0.1, -0.05) is 19.1 Å². The van der Waals surface area contributed by atoms with Crippen LogP contribution in [0.15, 0.2) is 72.1 Å². The number of amides is 2. The van der Waals surface area contributed by atoms with Gasteiger partial charge in [-0.25, -0.2) is 5.01 Å². The van der Waals surface area contributed by atoms with Crippen LogP contribution < -0.4 is 14.8 Å². The summed E-state index contributed by atoms with van der Waals surface area (Å²) >= 11 is 0. The van der Waals surface area contributed by atoms with Gasteiger partial charge in [0, 0.05) is 41.5 Å². The van der Waals surface area contributed by atoms with Gasteiger partial charge in [-0.15, -0.1) is 0 Å². The smallest absolute Gasteiger partial charge is 0.387 e. The maximum absolute atomic E-state index is 12.8. The van der Waals surface area contributed by atoms with E-state index in [-0.39, 0.29) is 42.2 Å². The molecule has 10 heteroatoms. The maximum atomic E-state index is 12.8. The quantitative estimate of drug-likeness (QED) is 0.434. The molecule has 8 nitrogen and oxygen atoms in total. The third kappa shape index (κ3) is 6.27. The molecule has 2 aromatic carbocycles. The third-order valence-electron chi connectivity index (χ3n) is 5.98. The summed E-state index contributed by atoms with van der Waals surface area (Å²) in [5, 5.41) is 8.87. The first-order chi connectivity index (χ1) is 17.9. The van der Waals surface area contributed by atoms with Crippen molar-refractivity contribution in [2.24, 2.45) is 11.0 Å². The van der Waals surface area contributed by atoms with Gasteiger partial charge in [-0.3, -0.25) is 14.6 Å². The van der Waals surface area contributed by atoms with Crippen LogP contribution in [0.4, 0.5) is 14.5 Å². The molecular weight excluding hydrogens is 482 g/mol. The number of aromatic nitrogens is 1. The summed E-state index contributed by atoms with van der Waals surface area (Å²) in [4.78, 5) is 29.1. The van der Waals surface area contributed by atoms with Crippen LogP contribution in [0.2, 0.25) is 0 Å². The van der Waals surface area contributed by atoms with Crippen molar-refractivity contribution in [3.63, 3.8) is 0 Å². The number of nitrogens with zero attached hydrogens (tertiary/aromatic N) is 3. The van der Waals surface area contributed by atoms with Crippen molar-refractivity contribution < 1.29 is 27.8 Å². The minimum absolute atomic E-state index is 0.0743. The Kier molecular flexibility index (Phi) is 8.07. The number of carbonyl (C=O) groups excluding carboxylic acids is 2. The third-order valence-corrected chi connectivity index (χ3v) is 5.98. The molecule has 0 spiro atoms. The number of alkyl halides is 2. The number of hydrogen-bond donors (Lipinski definition) is 1. The number of carbonyl (C=O) groups is 2. The van der Waals surface area contributed by atoms with E-state index in [9.17, 15) is 18.4 Å². The van der Waals surface area contributed by atoms with Gasteiger partial charge in [0.2, 0.25) is 5.91 Å². The molecule has 3 aromatic rings. The zero-order chi connectivity index (χ0) is 26.4. The van der Waals surface area contributed by atoms with E-state index in [1.165, 1.54) is 18.2 Å². The lowest BCUT2D eigenvalue weighted by atomic mass is 9.89. The minimum Gasteiger partial charge on any atom is -0.493 e. The number of nitrogens with one attached hydrogen (secondary N) is 1. The number of rotatable bonds is 9. The lowest BCUT2D eigenvalue weighted by Crippen LogP contribution is -2.36. The maximum Gasteiger partial charge on any atom is 0.387 e. The molecule has 2 amide bonds. The highest BCUT2D eigenvalue weighted by Crippen LogP contribution is 2.33. The van der Waals surface area contributed by atoms with Gasteiger partial charge in [0.1, 0.15) is 0 Å². The Labute approximate surface area is 212 Å². The summed E-state index contributed by atoms with van der Waals surface area (Å²) in [7, 11) is 1.37. The van der Waals surface area contributed by atoms with Gasteiger partial charge in [-0.05, 0) is 54.4 Å². The Morgan fingerprint density at radius 2 is 1.84 bits per heavy atom. The first kappa shape index (κ1) is 25.7. The minimum atomic E-state index is -2.97. The van der Waals surface area contributed by atoms with Crippen LogP contribution >= 0.6 is 0 Å². The average Bonchev–Trinajstić information content (AvgIpc) is 2.91. The second-order valence-electron chi connectivity index (χ2n) is 8.38. The molecule has 37 heavy (non-hydrogen) atoms. The number of hydrogen-bond acceptors (Lipinski definition) is 6. The van der Waals surface area contributed by atoms with Crippen LogP contribution in [0.1, 0.15) is 41.3 Å². The monoisotopic (exact) mass is 508 g/mol. The predicted octanol–water partition coefficient (Wildman–Crippen LogP) is 5.11. The molecule has 192 valence electrons. The van der Waals surface area contributed by atoms with Crippen molar-refractivity contribution in [1.82, 2.24) is 9.99 Å². The van der Waals surface area contributed by atoms with E-state index in [4.69, 9.17) is 4.74 Å². The van der Waals surface area contributed by atoms with Crippen molar-refractivity contribution in [3.05, 3.63) is 83.7 Å². The Hall–Kier alpha value is -4.34. The van der Waals surface area contributed by atoms with Gasteiger partial charge in [0.15, 0.2) is 11.5 Å². The van der Waals surface area contributed by atoms with Gasteiger partial charge in [-0.2, -0.15) is 13.9 Å². The van der Waals surface area contributed by atoms with Crippen molar-refractivity contribution in [1.29, 1.82) is 0 Å². The highest BCUT2D eigenvalue weighted by atomic mass is 19.3. The average molecular weight is 509 g/mol. The molecule has 2 heterocycles. The Bertz CT molecular complexity index is 1280. The fourth-order valence-electron chi connectivity index (χ4n) is 4.03. The van der Waals surface area contributed by atoms with Gasteiger partial charge < -0.3 is 14.8 Å².